The minimum atomic E-state index is -0.207. The topological polar surface area (TPSA) is 47.1 Å². The Morgan fingerprint density at radius 1 is 1.33 bits per heavy atom. The van der Waals surface area contributed by atoms with Gasteiger partial charge >= 0.3 is 0 Å². The Balaban J connectivity index is 2.36. The van der Waals surface area contributed by atoms with Crippen molar-refractivity contribution in [3.8, 4) is 0 Å². The van der Waals surface area contributed by atoms with Gasteiger partial charge in [0.2, 0.25) is 0 Å². The molecule has 0 saturated carbocycles. The first kappa shape index (κ1) is 16.7. The minimum Gasteiger partial charge on any atom is -0.319 e. The number of aromatic nitrogens is 2. The van der Waals surface area contributed by atoms with Gasteiger partial charge in [-0.2, -0.15) is 5.10 Å². The van der Waals surface area contributed by atoms with Crippen LogP contribution in [0.1, 0.15) is 22.9 Å². The number of rotatable bonds is 5. The summed E-state index contributed by atoms with van der Waals surface area (Å²) in [5.41, 5.74) is 9.81. The van der Waals surface area contributed by atoms with Crippen LogP contribution in [-0.2, 0) is 6.54 Å². The Labute approximate surface area is 142 Å². The Kier molecular flexibility index (Phi) is 5.60. The van der Waals surface area contributed by atoms with Crippen LogP contribution in [0.3, 0.4) is 0 Å². The normalized spacial score (nSPS) is 12.9. The number of hydrogen-bond acceptors (Lipinski definition) is 3. The van der Waals surface area contributed by atoms with Crippen LogP contribution in [0.5, 0.6) is 0 Å². The highest BCUT2D eigenvalue weighted by molar-refractivity contribution is 9.10. The molecule has 0 fully saturated rings. The first-order valence-electron chi connectivity index (χ1n) is 6.77. The molecule has 21 heavy (non-hydrogen) atoms. The number of likely N-dealkylation sites (N-methyl/N-ethyl adjacent to an activating group) is 1. The highest BCUT2D eigenvalue weighted by Crippen LogP contribution is 2.30. The van der Waals surface area contributed by atoms with Crippen LogP contribution in [0.4, 0.5) is 0 Å². The molecule has 114 valence electrons. The quantitative estimate of drug-likeness (QED) is 0.814. The molecule has 0 aliphatic heterocycles. The zero-order chi connectivity index (χ0) is 15.6. The second kappa shape index (κ2) is 7.05. The number of aryl methyl sites for hydroxylation is 1. The molecule has 4 nitrogen and oxygen atoms in total. The fourth-order valence-corrected chi connectivity index (χ4v) is 3.17. The summed E-state index contributed by atoms with van der Waals surface area (Å²) < 4.78 is 3.97. The molecule has 2 N–H and O–H groups in total. The van der Waals surface area contributed by atoms with E-state index in [9.17, 15) is 0 Å². The van der Waals surface area contributed by atoms with Crippen molar-refractivity contribution in [1.29, 1.82) is 0 Å². The van der Waals surface area contributed by atoms with E-state index in [0.717, 1.165) is 33.3 Å². The van der Waals surface area contributed by atoms with Crippen LogP contribution >= 0.6 is 31.9 Å². The highest BCUT2D eigenvalue weighted by atomic mass is 79.9. The van der Waals surface area contributed by atoms with Crippen molar-refractivity contribution in [2.45, 2.75) is 19.5 Å². The monoisotopic (exact) mass is 414 g/mol. The number of hydrogen-bond donors (Lipinski definition) is 1. The van der Waals surface area contributed by atoms with E-state index in [-0.39, 0.29) is 6.04 Å². The molecule has 0 aliphatic rings. The summed E-state index contributed by atoms with van der Waals surface area (Å²) in [4.78, 5) is 2.13. The smallest absolute Gasteiger partial charge is 0.0739 e. The molecular weight excluding hydrogens is 396 g/mol. The molecule has 1 atom stereocenters. The van der Waals surface area contributed by atoms with Crippen LogP contribution in [0.25, 0.3) is 0 Å². The van der Waals surface area contributed by atoms with E-state index in [0.29, 0.717) is 0 Å². The van der Waals surface area contributed by atoms with Gasteiger partial charge in [-0.1, -0.05) is 22.0 Å². The molecule has 1 heterocycles. The molecule has 2 rings (SSSR count). The summed E-state index contributed by atoms with van der Waals surface area (Å²) in [6.07, 6.45) is 1.82. The van der Waals surface area contributed by atoms with Gasteiger partial charge in [-0.05, 0) is 60.2 Å². The van der Waals surface area contributed by atoms with Crippen LogP contribution in [0.2, 0.25) is 0 Å². The molecule has 0 bridgehead atoms. The molecule has 1 unspecified atom stereocenters. The van der Waals surface area contributed by atoms with Gasteiger partial charge in [0.1, 0.15) is 0 Å². The van der Waals surface area contributed by atoms with Crippen molar-refractivity contribution in [3.63, 3.8) is 0 Å². The zero-order valence-electron chi connectivity index (χ0n) is 12.5. The number of nitrogens with two attached hydrogens (primary N) is 1. The predicted molar refractivity (Wildman–Crippen MR) is 93.4 cm³/mol. The van der Waals surface area contributed by atoms with Gasteiger partial charge in [-0.25, -0.2) is 0 Å². The third kappa shape index (κ3) is 3.94. The van der Waals surface area contributed by atoms with E-state index in [4.69, 9.17) is 5.73 Å². The molecule has 1 aromatic carbocycles. The maximum atomic E-state index is 6.51. The van der Waals surface area contributed by atoms with Gasteiger partial charge in [0, 0.05) is 11.0 Å². The first-order chi connectivity index (χ1) is 9.90. The van der Waals surface area contributed by atoms with Gasteiger partial charge in [-0.15, -0.1) is 0 Å². The van der Waals surface area contributed by atoms with Gasteiger partial charge in [0.25, 0.3) is 0 Å². The summed E-state index contributed by atoms with van der Waals surface area (Å²) in [6, 6.07) is 5.98. The second-order valence-electron chi connectivity index (χ2n) is 5.38. The molecule has 0 radical (unpaired) electrons. The van der Waals surface area contributed by atoms with Gasteiger partial charge in [0.05, 0.1) is 29.0 Å². The third-order valence-corrected chi connectivity index (χ3v) is 4.57. The van der Waals surface area contributed by atoms with Gasteiger partial charge in [-0.3, -0.25) is 4.68 Å². The molecule has 0 saturated heterocycles. The fraction of sp³-hybridized carbons (Fsp3) is 0.400. The second-order valence-corrected chi connectivity index (χ2v) is 7.15. The Bertz CT molecular complexity index is 622. The van der Waals surface area contributed by atoms with E-state index in [2.05, 4.69) is 75.0 Å². The fourth-order valence-electron chi connectivity index (χ4n) is 2.25. The van der Waals surface area contributed by atoms with Crippen molar-refractivity contribution in [2.24, 2.45) is 5.73 Å². The molecule has 2 aromatic rings. The standard InChI is InChI=1S/C15H20Br2N4/c1-10-4-5-11(16)8-12(10)14(18)15-13(17)9-19-21(15)7-6-20(2)3/h4-5,8-9,14H,6-7,18H2,1-3H3. The van der Waals surface area contributed by atoms with Gasteiger partial charge in [0.15, 0.2) is 0 Å². The first-order valence-corrected chi connectivity index (χ1v) is 8.36. The zero-order valence-corrected chi connectivity index (χ0v) is 15.6. The average Bonchev–Trinajstić information content (AvgIpc) is 2.79. The third-order valence-electron chi connectivity index (χ3n) is 3.46. The van der Waals surface area contributed by atoms with Crippen LogP contribution < -0.4 is 5.73 Å². The van der Waals surface area contributed by atoms with Crippen LogP contribution in [0, 0.1) is 6.92 Å². The number of halogens is 2. The maximum absolute atomic E-state index is 6.51. The molecule has 0 aliphatic carbocycles. The number of benzene rings is 1. The lowest BCUT2D eigenvalue weighted by atomic mass is 9.99. The molecule has 0 amide bonds. The average molecular weight is 416 g/mol. The molecule has 1 aromatic heterocycles. The van der Waals surface area contributed by atoms with Crippen molar-refractivity contribution in [3.05, 3.63) is 50.2 Å². The summed E-state index contributed by atoms with van der Waals surface area (Å²) in [5, 5.41) is 4.44. The van der Waals surface area contributed by atoms with Crippen LogP contribution in [0.15, 0.2) is 33.3 Å². The summed E-state index contributed by atoms with van der Waals surface area (Å²) >= 11 is 7.09. The predicted octanol–water partition coefficient (Wildman–Crippen LogP) is 3.33. The largest absolute Gasteiger partial charge is 0.319 e. The highest BCUT2D eigenvalue weighted by Gasteiger charge is 2.20. The van der Waals surface area contributed by atoms with Crippen molar-refractivity contribution in [1.82, 2.24) is 14.7 Å². The SMILES string of the molecule is Cc1ccc(Br)cc1C(N)c1c(Br)cnn1CCN(C)C. The van der Waals surface area contributed by atoms with E-state index in [1.54, 1.807) is 0 Å². The number of nitrogens with zero attached hydrogens (tertiary/aromatic N) is 3. The molecular formula is C15H20Br2N4. The van der Waals surface area contributed by atoms with Gasteiger partial charge < -0.3 is 10.6 Å². The lowest BCUT2D eigenvalue weighted by molar-refractivity contribution is 0.368. The van der Waals surface area contributed by atoms with E-state index in [1.165, 1.54) is 5.56 Å². The minimum absolute atomic E-state index is 0.207. The van der Waals surface area contributed by atoms with E-state index < -0.39 is 0 Å². The molecule has 6 heteroatoms. The Hall–Kier alpha value is -0.690. The van der Waals surface area contributed by atoms with E-state index >= 15 is 0 Å². The van der Waals surface area contributed by atoms with Crippen molar-refractivity contribution in [2.75, 3.05) is 20.6 Å². The molecule has 0 spiro atoms. The maximum Gasteiger partial charge on any atom is 0.0739 e. The lowest BCUT2D eigenvalue weighted by Gasteiger charge is -2.19. The van der Waals surface area contributed by atoms with E-state index in [1.807, 2.05) is 16.9 Å². The van der Waals surface area contributed by atoms with Crippen molar-refractivity contribution >= 4 is 31.9 Å². The summed E-state index contributed by atoms with van der Waals surface area (Å²) in [5.74, 6) is 0. The summed E-state index contributed by atoms with van der Waals surface area (Å²) in [7, 11) is 4.10. The van der Waals surface area contributed by atoms with Crippen LogP contribution in [-0.4, -0.2) is 35.3 Å². The Morgan fingerprint density at radius 3 is 2.71 bits per heavy atom. The van der Waals surface area contributed by atoms with Crippen molar-refractivity contribution < 1.29 is 0 Å². The Morgan fingerprint density at radius 2 is 2.05 bits per heavy atom. The summed E-state index contributed by atoms with van der Waals surface area (Å²) in [6.45, 7) is 3.82. The lowest BCUT2D eigenvalue weighted by Crippen LogP contribution is -2.24.